The number of hydrogen-bond acceptors (Lipinski definition) is 2. The average molecular weight is 387 g/mol. The van der Waals surface area contributed by atoms with Crippen molar-refractivity contribution in [3.8, 4) is 6.07 Å². The molecule has 0 aliphatic rings. The smallest absolute Gasteiger partial charge is 0.184 e. The molecule has 0 saturated carbocycles. The molecule has 2 nitrogen and oxygen atoms in total. The summed E-state index contributed by atoms with van der Waals surface area (Å²) in [6, 6.07) is 10.4. The number of ketones is 1. The first-order valence-electron chi connectivity index (χ1n) is 5.78. The normalized spacial score (nSPS) is 11.8. The summed E-state index contributed by atoms with van der Waals surface area (Å²) < 4.78 is 13.8. The van der Waals surface area contributed by atoms with E-state index in [1.165, 1.54) is 24.3 Å². The highest BCUT2D eigenvalue weighted by atomic mass is 79.9. The lowest BCUT2D eigenvalue weighted by Crippen LogP contribution is -2.12. The quantitative estimate of drug-likeness (QED) is 0.664. The number of halogens is 4. The topological polar surface area (TPSA) is 40.9 Å². The summed E-state index contributed by atoms with van der Waals surface area (Å²) in [7, 11) is 0. The first-order valence-corrected chi connectivity index (χ1v) is 7.32. The molecular formula is C15H7BrCl2FNO. The Morgan fingerprint density at radius 1 is 1.24 bits per heavy atom. The molecule has 21 heavy (non-hydrogen) atoms. The van der Waals surface area contributed by atoms with Crippen molar-refractivity contribution in [2.45, 2.75) is 5.92 Å². The number of carbonyl (C=O) groups is 1. The zero-order chi connectivity index (χ0) is 15.6. The van der Waals surface area contributed by atoms with Gasteiger partial charge in [-0.15, -0.1) is 0 Å². The van der Waals surface area contributed by atoms with Gasteiger partial charge in [0.15, 0.2) is 5.78 Å². The lowest BCUT2D eigenvalue weighted by Gasteiger charge is -2.11. The summed E-state index contributed by atoms with van der Waals surface area (Å²) in [5.41, 5.74) is 0.449. The lowest BCUT2D eigenvalue weighted by atomic mass is 9.92. The largest absolute Gasteiger partial charge is 0.292 e. The number of nitrogens with zero attached hydrogens (tertiary/aromatic N) is 1. The summed E-state index contributed by atoms with van der Waals surface area (Å²) in [6.07, 6.45) is 0. The minimum Gasteiger partial charge on any atom is -0.292 e. The number of nitriles is 1. The Morgan fingerprint density at radius 2 is 1.95 bits per heavy atom. The van der Waals surface area contributed by atoms with E-state index in [1.54, 1.807) is 6.07 Å². The molecule has 2 aromatic rings. The second-order valence-corrected chi connectivity index (χ2v) is 5.92. The van der Waals surface area contributed by atoms with Gasteiger partial charge in [-0.05, 0) is 45.8 Å². The molecule has 0 N–H and O–H groups in total. The Bertz CT molecular complexity index is 758. The standard InChI is InChI=1S/C15H7BrCl2FNO/c16-12-4-1-8(5-14(12)19)15(21)11(7-20)10-3-2-9(17)6-13(10)18/h1-6,11H. The Kier molecular flexibility index (Phi) is 5.00. The number of hydrogen-bond donors (Lipinski definition) is 0. The predicted octanol–water partition coefficient (Wildman–Crippen LogP) is 5.39. The van der Waals surface area contributed by atoms with Crippen LogP contribution < -0.4 is 0 Å². The summed E-state index contributed by atoms with van der Waals surface area (Å²) >= 11 is 14.8. The number of benzene rings is 2. The van der Waals surface area contributed by atoms with E-state index in [1.807, 2.05) is 6.07 Å². The molecule has 1 unspecified atom stereocenters. The predicted molar refractivity (Wildman–Crippen MR) is 83.2 cm³/mol. The molecule has 0 fully saturated rings. The van der Waals surface area contributed by atoms with E-state index in [0.29, 0.717) is 10.6 Å². The van der Waals surface area contributed by atoms with Crippen molar-refractivity contribution in [2.75, 3.05) is 0 Å². The molecule has 106 valence electrons. The Labute approximate surface area is 139 Å². The SMILES string of the molecule is N#CC(C(=O)c1ccc(Br)c(F)c1)c1ccc(Cl)cc1Cl. The van der Waals surface area contributed by atoms with Crippen LogP contribution in [0.2, 0.25) is 10.0 Å². The first-order chi connectivity index (χ1) is 9.93. The maximum Gasteiger partial charge on any atom is 0.184 e. The van der Waals surface area contributed by atoms with Gasteiger partial charge < -0.3 is 0 Å². The van der Waals surface area contributed by atoms with Crippen molar-refractivity contribution in [1.82, 2.24) is 0 Å². The van der Waals surface area contributed by atoms with Crippen LogP contribution in [0.4, 0.5) is 4.39 Å². The van der Waals surface area contributed by atoms with Crippen LogP contribution in [0, 0.1) is 17.1 Å². The minimum atomic E-state index is -1.12. The second kappa shape index (κ2) is 6.57. The average Bonchev–Trinajstić information content (AvgIpc) is 2.44. The highest BCUT2D eigenvalue weighted by Gasteiger charge is 2.24. The van der Waals surface area contributed by atoms with Crippen LogP contribution in [-0.4, -0.2) is 5.78 Å². The molecule has 0 aromatic heterocycles. The van der Waals surface area contributed by atoms with Gasteiger partial charge in [0.05, 0.1) is 10.5 Å². The van der Waals surface area contributed by atoms with Gasteiger partial charge in [-0.2, -0.15) is 5.26 Å². The van der Waals surface area contributed by atoms with E-state index >= 15 is 0 Å². The molecule has 6 heteroatoms. The van der Waals surface area contributed by atoms with E-state index in [4.69, 9.17) is 23.2 Å². The summed E-state index contributed by atoms with van der Waals surface area (Å²) in [5, 5.41) is 9.89. The first kappa shape index (κ1) is 16.0. The molecular weight excluding hydrogens is 380 g/mol. The van der Waals surface area contributed by atoms with Crippen molar-refractivity contribution in [3.63, 3.8) is 0 Å². The number of Topliss-reactive ketones (excluding diaryl/α,β-unsaturated/α-hetero) is 1. The van der Waals surface area contributed by atoms with Crippen LogP contribution >= 0.6 is 39.1 Å². The molecule has 1 atom stereocenters. The van der Waals surface area contributed by atoms with E-state index in [2.05, 4.69) is 15.9 Å². The van der Waals surface area contributed by atoms with Gasteiger partial charge in [0.25, 0.3) is 0 Å². The van der Waals surface area contributed by atoms with Gasteiger partial charge in [0.1, 0.15) is 11.7 Å². The van der Waals surface area contributed by atoms with E-state index in [9.17, 15) is 14.4 Å². The third kappa shape index (κ3) is 3.44. The van der Waals surface area contributed by atoms with Crippen molar-refractivity contribution in [1.29, 1.82) is 5.26 Å². The van der Waals surface area contributed by atoms with Gasteiger partial charge in [-0.1, -0.05) is 35.3 Å². The van der Waals surface area contributed by atoms with Crippen LogP contribution in [0.5, 0.6) is 0 Å². The van der Waals surface area contributed by atoms with Crippen molar-refractivity contribution < 1.29 is 9.18 Å². The zero-order valence-corrected chi connectivity index (χ0v) is 13.5. The van der Waals surface area contributed by atoms with E-state index in [0.717, 1.165) is 6.07 Å². The van der Waals surface area contributed by atoms with Crippen LogP contribution in [0.25, 0.3) is 0 Å². The molecule has 0 radical (unpaired) electrons. The zero-order valence-electron chi connectivity index (χ0n) is 10.4. The fourth-order valence-corrected chi connectivity index (χ4v) is 2.59. The van der Waals surface area contributed by atoms with Crippen molar-refractivity contribution >= 4 is 44.9 Å². The minimum absolute atomic E-state index is 0.105. The van der Waals surface area contributed by atoms with Crippen LogP contribution in [0.3, 0.4) is 0 Å². The number of rotatable bonds is 3. The third-order valence-corrected chi connectivity index (χ3v) is 4.07. The fourth-order valence-electron chi connectivity index (χ4n) is 1.82. The van der Waals surface area contributed by atoms with E-state index < -0.39 is 17.5 Å². The fraction of sp³-hybridized carbons (Fsp3) is 0.0667. The Morgan fingerprint density at radius 3 is 2.52 bits per heavy atom. The highest BCUT2D eigenvalue weighted by molar-refractivity contribution is 9.10. The maximum absolute atomic E-state index is 13.5. The highest BCUT2D eigenvalue weighted by Crippen LogP contribution is 2.30. The Balaban J connectivity index is 2.43. The monoisotopic (exact) mass is 385 g/mol. The van der Waals surface area contributed by atoms with Crippen LogP contribution in [0.1, 0.15) is 21.8 Å². The van der Waals surface area contributed by atoms with Crippen LogP contribution in [0.15, 0.2) is 40.9 Å². The molecule has 2 aromatic carbocycles. The molecule has 2 rings (SSSR count). The molecule has 0 amide bonds. The lowest BCUT2D eigenvalue weighted by molar-refractivity contribution is 0.0978. The third-order valence-electron chi connectivity index (χ3n) is 2.87. The van der Waals surface area contributed by atoms with Gasteiger partial charge in [-0.3, -0.25) is 4.79 Å². The second-order valence-electron chi connectivity index (χ2n) is 4.22. The summed E-state index contributed by atoms with van der Waals surface area (Å²) in [4.78, 5) is 12.4. The van der Waals surface area contributed by atoms with Gasteiger partial charge >= 0.3 is 0 Å². The Hall–Kier alpha value is -1.41. The molecule has 0 aliphatic heterocycles. The molecule has 0 heterocycles. The van der Waals surface area contributed by atoms with E-state index in [-0.39, 0.29) is 15.1 Å². The molecule has 0 bridgehead atoms. The molecule has 0 aliphatic carbocycles. The van der Waals surface area contributed by atoms with Gasteiger partial charge in [0, 0.05) is 15.6 Å². The number of carbonyl (C=O) groups excluding carboxylic acids is 1. The van der Waals surface area contributed by atoms with Crippen molar-refractivity contribution in [3.05, 3.63) is 67.9 Å². The van der Waals surface area contributed by atoms with Gasteiger partial charge in [0.2, 0.25) is 0 Å². The van der Waals surface area contributed by atoms with Crippen molar-refractivity contribution in [2.24, 2.45) is 0 Å². The summed E-state index contributed by atoms with van der Waals surface area (Å²) in [6.45, 7) is 0. The molecule has 0 saturated heterocycles. The summed E-state index contributed by atoms with van der Waals surface area (Å²) in [5.74, 6) is -2.21. The maximum atomic E-state index is 13.5. The van der Waals surface area contributed by atoms with Crippen LogP contribution in [-0.2, 0) is 0 Å². The molecule has 0 spiro atoms. The van der Waals surface area contributed by atoms with Gasteiger partial charge in [-0.25, -0.2) is 4.39 Å².